The number of hydrogen-bond donors (Lipinski definition) is 2. The molecule has 3 aromatic rings. The number of furan rings is 1. The number of amides is 1. The summed E-state index contributed by atoms with van der Waals surface area (Å²) in [4.78, 5) is 16.6. The molecule has 1 amide bonds. The number of rotatable bonds is 6. The zero-order valence-corrected chi connectivity index (χ0v) is 13.9. The molecule has 0 atom stereocenters. The van der Waals surface area contributed by atoms with Crippen molar-refractivity contribution in [3.63, 3.8) is 0 Å². The van der Waals surface area contributed by atoms with E-state index in [9.17, 15) is 4.79 Å². The Bertz CT molecular complexity index is 909. The topological polar surface area (TPSA) is 85.6 Å². The van der Waals surface area contributed by atoms with Gasteiger partial charge in [-0.15, -0.1) is 0 Å². The normalized spacial score (nSPS) is 12.0. The molecular formula is C19H17N3O4. The smallest absolute Gasteiger partial charge is 0.251 e. The minimum atomic E-state index is -0.175. The van der Waals surface area contributed by atoms with Gasteiger partial charge in [0.15, 0.2) is 11.5 Å². The fraction of sp³-hybridized carbons (Fsp3) is 0.158. The number of ether oxygens (including phenoxy) is 2. The summed E-state index contributed by atoms with van der Waals surface area (Å²) in [5.41, 5.74) is 1.47. The molecule has 0 radical (unpaired) electrons. The lowest BCUT2D eigenvalue weighted by Gasteiger charge is -2.08. The van der Waals surface area contributed by atoms with Gasteiger partial charge in [-0.1, -0.05) is 6.07 Å². The molecule has 1 aliphatic rings. The van der Waals surface area contributed by atoms with E-state index in [0.29, 0.717) is 30.2 Å². The monoisotopic (exact) mass is 351 g/mol. The van der Waals surface area contributed by atoms with Crippen molar-refractivity contribution in [3.05, 3.63) is 71.8 Å². The van der Waals surface area contributed by atoms with Gasteiger partial charge in [-0.05, 0) is 42.0 Å². The molecule has 7 heteroatoms. The Labute approximate surface area is 150 Å². The van der Waals surface area contributed by atoms with Gasteiger partial charge in [0.1, 0.15) is 11.6 Å². The molecule has 0 aliphatic carbocycles. The number of carbonyl (C=O) groups excluding carboxylic acids is 1. The van der Waals surface area contributed by atoms with E-state index >= 15 is 0 Å². The molecule has 2 N–H and O–H groups in total. The van der Waals surface area contributed by atoms with Crippen LogP contribution in [-0.4, -0.2) is 17.7 Å². The highest BCUT2D eigenvalue weighted by Gasteiger charge is 2.14. The van der Waals surface area contributed by atoms with E-state index < -0.39 is 0 Å². The van der Waals surface area contributed by atoms with Gasteiger partial charge >= 0.3 is 0 Å². The number of nitrogens with one attached hydrogen (secondary N) is 2. The van der Waals surface area contributed by atoms with Crippen LogP contribution in [-0.2, 0) is 13.1 Å². The first kappa shape index (κ1) is 16.0. The highest BCUT2D eigenvalue weighted by molar-refractivity contribution is 5.94. The molecule has 1 aliphatic heterocycles. The first-order chi connectivity index (χ1) is 12.8. The van der Waals surface area contributed by atoms with E-state index in [2.05, 4.69) is 15.6 Å². The van der Waals surface area contributed by atoms with Crippen LogP contribution in [0.2, 0.25) is 0 Å². The van der Waals surface area contributed by atoms with Gasteiger partial charge in [0.25, 0.3) is 5.91 Å². The Morgan fingerprint density at radius 2 is 2.00 bits per heavy atom. The Balaban J connectivity index is 1.36. The molecule has 2 aromatic heterocycles. The first-order valence-corrected chi connectivity index (χ1v) is 8.17. The summed E-state index contributed by atoms with van der Waals surface area (Å²) in [6.45, 7) is 1.13. The molecule has 4 rings (SSSR count). The SMILES string of the molecule is O=C(NCc1ccc2c(c1)OCO2)c1ccnc(NCc2ccco2)c1. The van der Waals surface area contributed by atoms with Crippen molar-refractivity contribution < 1.29 is 18.7 Å². The second kappa shape index (κ2) is 7.18. The Morgan fingerprint density at radius 3 is 2.88 bits per heavy atom. The molecule has 0 saturated heterocycles. The van der Waals surface area contributed by atoms with E-state index in [1.54, 1.807) is 24.6 Å². The van der Waals surface area contributed by atoms with Gasteiger partial charge in [-0.2, -0.15) is 0 Å². The van der Waals surface area contributed by atoms with Crippen LogP contribution >= 0.6 is 0 Å². The Morgan fingerprint density at radius 1 is 1.08 bits per heavy atom. The Kier molecular flexibility index (Phi) is 4.42. The summed E-state index contributed by atoms with van der Waals surface area (Å²) in [6.07, 6.45) is 3.21. The number of anilines is 1. The average molecular weight is 351 g/mol. The van der Waals surface area contributed by atoms with Crippen LogP contribution in [0.4, 0.5) is 5.82 Å². The van der Waals surface area contributed by atoms with Crippen molar-refractivity contribution in [2.75, 3.05) is 12.1 Å². The van der Waals surface area contributed by atoms with Gasteiger partial charge in [0.05, 0.1) is 12.8 Å². The van der Waals surface area contributed by atoms with Crippen molar-refractivity contribution in [2.24, 2.45) is 0 Å². The van der Waals surface area contributed by atoms with Crippen molar-refractivity contribution in [2.45, 2.75) is 13.1 Å². The van der Waals surface area contributed by atoms with Crippen LogP contribution in [0.3, 0.4) is 0 Å². The van der Waals surface area contributed by atoms with Crippen molar-refractivity contribution in [1.82, 2.24) is 10.3 Å². The maximum Gasteiger partial charge on any atom is 0.251 e. The maximum absolute atomic E-state index is 12.4. The summed E-state index contributed by atoms with van der Waals surface area (Å²) in [5, 5.41) is 6.02. The summed E-state index contributed by atoms with van der Waals surface area (Å²) in [5.74, 6) is 2.65. The standard InChI is InChI=1S/C19H17N3O4/c23-19(22-10-13-3-4-16-17(8-13)26-12-25-16)14-5-6-20-18(9-14)21-11-15-2-1-7-24-15/h1-9H,10-12H2,(H,20,21)(H,22,23). The molecule has 0 fully saturated rings. The van der Waals surface area contributed by atoms with Crippen LogP contribution in [0.25, 0.3) is 0 Å². The molecule has 0 spiro atoms. The molecule has 7 nitrogen and oxygen atoms in total. The van der Waals surface area contributed by atoms with E-state index in [1.165, 1.54) is 0 Å². The molecule has 1 aromatic carbocycles. The Hall–Kier alpha value is -3.48. The lowest BCUT2D eigenvalue weighted by Crippen LogP contribution is -2.23. The zero-order chi connectivity index (χ0) is 17.8. The van der Waals surface area contributed by atoms with Crippen LogP contribution in [0.5, 0.6) is 11.5 Å². The first-order valence-electron chi connectivity index (χ1n) is 8.17. The highest BCUT2D eigenvalue weighted by Crippen LogP contribution is 2.32. The predicted molar refractivity (Wildman–Crippen MR) is 94.0 cm³/mol. The molecule has 0 unspecified atom stereocenters. The predicted octanol–water partition coefficient (Wildman–Crippen LogP) is 2.95. The van der Waals surface area contributed by atoms with Gasteiger partial charge in [0.2, 0.25) is 6.79 Å². The second-order valence-electron chi connectivity index (χ2n) is 5.73. The third-order valence-electron chi connectivity index (χ3n) is 3.94. The molecule has 3 heterocycles. The maximum atomic E-state index is 12.4. The average Bonchev–Trinajstić information content (AvgIpc) is 3.35. The number of nitrogens with zero attached hydrogens (tertiary/aromatic N) is 1. The number of carbonyl (C=O) groups is 1. The summed E-state index contributed by atoms with van der Waals surface area (Å²) >= 11 is 0. The van der Waals surface area contributed by atoms with Crippen LogP contribution in [0.1, 0.15) is 21.7 Å². The van der Waals surface area contributed by atoms with Crippen LogP contribution < -0.4 is 20.1 Å². The van der Waals surface area contributed by atoms with E-state index in [-0.39, 0.29) is 12.7 Å². The quantitative estimate of drug-likeness (QED) is 0.710. The van der Waals surface area contributed by atoms with Gasteiger partial charge in [-0.25, -0.2) is 4.98 Å². The molecule has 132 valence electrons. The number of pyridine rings is 1. The fourth-order valence-corrected chi connectivity index (χ4v) is 2.59. The highest BCUT2D eigenvalue weighted by atomic mass is 16.7. The fourth-order valence-electron chi connectivity index (χ4n) is 2.59. The third-order valence-corrected chi connectivity index (χ3v) is 3.94. The number of fused-ring (bicyclic) bond motifs is 1. The lowest BCUT2D eigenvalue weighted by molar-refractivity contribution is 0.0950. The van der Waals surface area contributed by atoms with E-state index in [4.69, 9.17) is 13.9 Å². The lowest BCUT2D eigenvalue weighted by atomic mass is 10.2. The van der Waals surface area contributed by atoms with Gasteiger partial charge < -0.3 is 24.5 Å². The zero-order valence-electron chi connectivity index (χ0n) is 13.9. The summed E-state index contributed by atoms with van der Waals surface area (Å²) < 4.78 is 15.9. The number of aromatic nitrogens is 1. The van der Waals surface area contributed by atoms with Gasteiger partial charge in [0, 0.05) is 18.3 Å². The molecule has 0 saturated carbocycles. The molecule has 0 bridgehead atoms. The summed E-state index contributed by atoms with van der Waals surface area (Å²) in [6, 6.07) is 12.7. The van der Waals surface area contributed by atoms with Crippen LogP contribution in [0, 0.1) is 0 Å². The summed E-state index contributed by atoms with van der Waals surface area (Å²) in [7, 11) is 0. The van der Waals surface area contributed by atoms with Crippen molar-refractivity contribution in [3.8, 4) is 11.5 Å². The number of benzene rings is 1. The van der Waals surface area contributed by atoms with Crippen LogP contribution in [0.15, 0.2) is 59.3 Å². The second-order valence-corrected chi connectivity index (χ2v) is 5.73. The third kappa shape index (κ3) is 3.61. The molecule has 26 heavy (non-hydrogen) atoms. The number of hydrogen-bond acceptors (Lipinski definition) is 6. The van der Waals surface area contributed by atoms with E-state index in [0.717, 1.165) is 17.1 Å². The minimum absolute atomic E-state index is 0.175. The van der Waals surface area contributed by atoms with Gasteiger partial charge in [-0.3, -0.25) is 4.79 Å². The largest absolute Gasteiger partial charge is 0.467 e. The molecular weight excluding hydrogens is 334 g/mol. The van der Waals surface area contributed by atoms with Crippen molar-refractivity contribution in [1.29, 1.82) is 0 Å². The van der Waals surface area contributed by atoms with E-state index in [1.807, 2.05) is 30.3 Å². The minimum Gasteiger partial charge on any atom is -0.467 e. The van der Waals surface area contributed by atoms with Crippen molar-refractivity contribution >= 4 is 11.7 Å².